The predicted octanol–water partition coefficient (Wildman–Crippen LogP) is 0.525. The molecule has 0 saturated heterocycles. The van der Waals surface area contributed by atoms with Crippen molar-refractivity contribution in [3.05, 3.63) is 61.2 Å². The van der Waals surface area contributed by atoms with Crippen molar-refractivity contribution in [2.45, 2.75) is 26.7 Å². The van der Waals surface area contributed by atoms with Crippen molar-refractivity contribution in [2.75, 3.05) is 13.7 Å². The first-order valence-electron chi connectivity index (χ1n) is 8.59. The zero-order chi connectivity index (χ0) is 18.9. The number of rotatable bonds is 9. The number of halogens is 1. The number of ether oxygens (including phenoxy) is 2. The smallest absolute Gasteiger partial charge is 0.358 e. The Morgan fingerprint density at radius 3 is 2.46 bits per heavy atom. The van der Waals surface area contributed by atoms with E-state index in [0.717, 1.165) is 11.3 Å². The second-order valence-corrected chi connectivity index (χ2v) is 8.75. The number of methoxy groups -OCH3 is 1. The zero-order valence-electron chi connectivity index (χ0n) is 15.3. The summed E-state index contributed by atoms with van der Waals surface area (Å²) in [6.45, 7) is 3.48. The summed E-state index contributed by atoms with van der Waals surface area (Å²) in [5.74, 6) is -0.492. The topological polar surface area (TPSA) is 52.6 Å². The Bertz CT molecular complexity index is 743. The van der Waals surface area contributed by atoms with Crippen LogP contribution in [0.1, 0.15) is 25.8 Å². The molecule has 2 rings (SSSR count). The summed E-state index contributed by atoms with van der Waals surface area (Å²) in [6.07, 6.45) is 1.09. The molecule has 5 heteroatoms. The minimum atomic E-state index is -0.705. The van der Waals surface area contributed by atoms with Crippen LogP contribution < -0.4 is 25.9 Å². The maximum absolute atomic E-state index is 12.0. The zero-order valence-corrected chi connectivity index (χ0v) is 17.5. The highest BCUT2D eigenvalue weighted by Gasteiger charge is 2.27. The Morgan fingerprint density at radius 1 is 1.12 bits per heavy atom. The number of benzene rings is 2. The molecule has 0 aliphatic heterocycles. The first-order valence-corrected chi connectivity index (χ1v) is 10.7. The summed E-state index contributed by atoms with van der Waals surface area (Å²) in [5.41, 5.74) is 1.14. The SMILES string of the molecule is CCOC(=O)C(CCc1cc(OC)ccc1[I+]c1ccccc1)C(C)=O. The maximum Gasteiger partial charge on any atom is 0.358 e. The third kappa shape index (κ3) is 5.83. The van der Waals surface area contributed by atoms with Gasteiger partial charge in [0.25, 0.3) is 0 Å². The standard InChI is InChI=1S/C21H24IO4/c1-4-26-21(24)19(15(2)23)12-10-16-14-18(25-3)11-13-20(16)22-17-8-6-5-7-9-17/h5-9,11,13-14,19H,4,10,12H2,1-3H3/q+1. The second kappa shape index (κ2) is 10.3. The molecule has 0 fully saturated rings. The monoisotopic (exact) mass is 467 g/mol. The fourth-order valence-corrected chi connectivity index (χ4v) is 5.16. The van der Waals surface area contributed by atoms with E-state index in [9.17, 15) is 9.59 Å². The van der Waals surface area contributed by atoms with Gasteiger partial charge in [-0.3, -0.25) is 9.59 Å². The van der Waals surface area contributed by atoms with E-state index >= 15 is 0 Å². The largest absolute Gasteiger partial charge is 0.497 e. The van der Waals surface area contributed by atoms with Gasteiger partial charge in [0.15, 0.2) is 7.14 Å². The van der Waals surface area contributed by atoms with Gasteiger partial charge in [-0.05, 0) is 57.0 Å². The molecule has 138 valence electrons. The molecular weight excluding hydrogens is 443 g/mol. The van der Waals surface area contributed by atoms with E-state index in [1.807, 2.05) is 30.3 Å². The number of carbonyl (C=O) groups excluding carboxylic acids is 2. The van der Waals surface area contributed by atoms with Crippen LogP contribution in [-0.2, 0) is 20.7 Å². The molecule has 0 amide bonds. The Morgan fingerprint density at radius 2 is 1.85 bits per heavy atom. The van der Waals surface area contributed by atoms with E-state index in [4.69, 9.17) is 9.47 Å². The number of ketones is 1. The molecule has 0 aliphatic rings. The van der Waals surface area contributed by atoms with Crippen LogP contribution in [0.2, 0.25) is 0 Å². The molecule has 0 aliphatic carbocycles. The molecule has 2 aromatic carbocycles. The molecule has 0 N–H and O–H groups in total. The van der Waals surface area contributed by atoms with E-state index < -0.39 is 11.9 Å². The Hall–Kier alpha value is -1.89. The Balaban J connectivity index is 2.20. The van der Waals surface area contributed by atoms with Crippen LogP contribution in [0, 0.1) is 13.1 Å². The quantitative estimate of drug-likeness (QED) is 0.307. The minimum Gasteiger partial charge on any atom is -0.497 e. The van der Waals surface area contributed by atoms with Gasteiger partial charge < -0.3 is 9.47 Å². The molecule has 1 atom stereocenters. The number of hydrogen-bond donors (Lipinski definition) is 0. The van der Waals surface area contributed by atoms with Gasteiger partial charge in [-0.2, -0.15) is 0 Å². The molecule has 0 spiro atoms. The van der Waals surface area contributed by atoms with Crippen LogP contribution in [0.4, 0.5) is 0 Å². The van der Waals surface area contributed by atoms with E-state index in [2.05, 4.69) is 18.2 Å². The van der Waals surface area contributed by atoms with Gasteiger partial charge in [0.05, 0.1) is 13.7 Å². The van der Waals surface area contributed by atoms with Crippen LogP contribution in [0.25, 0.3) is 0 Å². The molecule has 0 bridgehead atoms. The third-order valence-corrected chi connectivity index (χ3v) is 6.94. The molecule has 0 radical (unpaired) electrons. The molecule has 0 saturated carbocycles. The molecule has 4 nitrogen and oxygen atoms in total. The lowest BCUT2D eigenvalue weighted by Gasteiger charge is -2.12. The van der Waals surface area contributed by atoms with Crippen molar-refractivity contribution in [1.82, 2.24) is 0 Å². The van der Waals surface area contributed by atoms with Crippen LogP contribution in [0.15, 0.2) is 48.5 Å². The average molecular weight is 467 g/mol. The number of esters is 1. The van der Waals surface area contributed by atoms with Gasteiger partial charge >= 0.3 is 27.2 Å². The summed E-state index contributed by atoms with van der Waals surface area (Å²) in [5, 5.41) is 0. The molecule has 0 aromatic heterocycles. The van der Waals surface area contributed by atoms with Crippen LogP contribution in [-0.4, -0.2) is 25.5 Å². The maximum atomic E-state index is 12.0. The number of aryl methyl sites for hydroxylation is 1. The molecular formula is C21H24IO4+. The number of hydrogen-bond acceptors (Lipinski definition) is 4. The number of carbonyl (C=O) groups is 2. The highest BCUT2D eigenvalue weighted by molar-refractivity contribution is 5.97. The fraction of sp³-hybridized carbons (Fsp3) is 0.333. The fourth-order valence-electron chi connectivity index (χ4n) is 2.59. The van der Waals surface area contributed by atoms with Crippen molar-refractivity contribution < 1.29 is 40.3 Å². The summed E-state index contributed by atoms with van der Waals surface area (Å²) in [7, 11) is 1.64. The van der Waals surface area contributed by atoms with Gasteiger partial charge in [0.1, 0.15) is 17.5 Å². The van der Waals surface area contributed by atoms with Crippen molar-refractivity contribution in [3.63, 3.8) is 0 Å². The number of Topliss-reactive ketones (excluding diaryl/α,β-unsaturated/α-hetero) is 1. The molecule has 1 unspecified atom stereocenters. The molecule has 2 aromatic rings. The van der Waals surface area contributed by atoms with Crippen molar-refractivity contribution >= 4 is 11.8 Å². The lowest BCUT2D eigenvalue weighted by molar-refractivity contribution is -0.598. The van der Waals surface area contributed by atoms with Gasteiger partial charge in [-0.15, -0.1) is 0 Å². The normalized spacial score (nSPS) is 11.7. The third-order valence-electron chi connectivity index (χ3n) is 3.96. The van der Waals surface area contributed by atoms with E-state index in [0.29, 0.717) is 12.8 Å². The van der Waals surface area contributed by atoms with E-state index in [-0.39, 0.29) is 33.6 Å². The van der Waals surface area contributed by atoms with Crippen molar-refractivity contribution in [2.24, 2.45) is 5.92 Å². The highest BCUT2D eigenvalue weighted by atomic mass is 127. The van der Waals surface area contributed by atoms with Gasteiger partial charge in [0, 0.05) is 5.56 Å². The van der Waals surface area contributed by atoms with E-state index in [1.165, 1.54) is 14.1 Å². The second-order valence-electron chi connectivity index (χ2n) is 5.80. The molecule has 26 heavy (non-hydrogen) atoms. The lowest BCUT2D eigenvalue weighted by Crippen LogP contribution is -3.61. The summed E-state index contributed by atoms with van der Waals surface area (Å²) in [6, 6.07) is 16.5. The predicted molar refractivity (Wildman–Crippen MR) is 96.0 cm³/mol. The summed E-state index contributed by atoms with van der Waals surface area (Å²) in [4.78, 5) is 23.9. The average Bonchev–Trinajstić information content (AvgIpc) is 2.64. The highest BCUT2D eigenvalue weighted by Crippen LogP contribution is 2.18. The van der Waals surface area contributed by atoms with Crippen molar-refractivity contribution in [3.8, 4) is 5.75 Å². The van der Waals surface area contributed by atoms with Crippen LogP contribution in [0.3, 0.4) is 0 Å². The summed E-state index contributed by atoms with van der Waals surface area (Å²) >= 11 is -0.339. The first kappa shape index (κ1) is 20.4. The van der Waals surface area contributed by atoms with Crippen molar-refractivity contribution in [1.29, 1.82) is 0 Å². The molecule has 0 heterocycles. The van der Waals surface area contributed by atoms with E-state index in [1.54, 1.807) is 14.0 Å². The summed E-state index contributed by atoms with van der Waals surface area (Å²) < 4.78 is 13.0. The Kier molecular flexibility index (Phi) is 8.09. The van der Waals surface area contributed by atoms with Gasteiger partial charge in [-0.25, -0.2) is 0 Å². The van der Waals surface area contributed by atoms with Gasteiger partial charge in [-0.1, -0.05) is 18.2 Å². The van der Waals surface area contributed by atoms with Crippen LogP contribution >= 0.6 is 0 Å². The van der Waals surface area contributed by atoms with Crippen LogP contribution in [0.5, 0.6) is 5.75 Å². The first-order chi connectivity index (χ1) is 12.5. The lowest BCUT2D eigenvalue weighted by atomic mass is 9.96. The Labute approximate surface area is 165 Å². The minimum absolute atomic E-state index is 0.148. The van der Waals surface area contributed by atoms with Gasteiger partial charge in [0.2, 0.25) is 0 Å².